The maximum absolute atomic E-state index is 12.1. The lowest BCUT2D eigenvalue weighted by molar-refractivity contribution is 0.240. The number of aromatic nitrogens is 2. The molecule has 0 fully saturated rings. The average Bonchev–Trinajstić information content (AvgIpc) is 3.06. The second kappa shape index (κ2) is 8.24. The number of amides is 2. The summed E-state index contributed by atoms with van der Waals surface area (Å²) in [5.41, 5.74) is 3.47. The van der Waals surface area contributed by atoms with Crippen molar-refractivity contribution < 1.29 is 13.2 Å². The van der Waals surface area contributed by atoms with E-state index in [1.54, 1.807) is 16.8 Å². The van der Waals surface area contributed by atoms with Crippen LogP contribution in [0.4, 0.5) is 4.79 Å². The predicted molar refractivity (Wildman–Crippen MR) is 106 cm³/mol. The number of aryl methyl sites for hydroxylation is 1. The molecule has 8 nitrogen and oxygen atoms in total. The molecule has 0 atom stereocenters. The zero-order valence-corrected chi connectivity index (χ0v) is 16.1. The first-order chi connectivity index (χ1) is 13.3. The van der Waals surface area contributed by atoms with Crippen LogP contribution < -0.4 is 15.8 Å². The van der Waals surface area contributed by atoms with Gasteiger partial charge in [-0.05, 0) is 17.7 Å². The molecule has 0 radical (unpaired) electrons. The van der Waals surface area contributed by atoms with Gasteiger partial charge < -0.3 is 10.6 Å². The van der Waals surface area contributed by atoms with Gasteiger partial charge in [0.2, 0.25) is 10.0 Å². The largest absolute Gasteiger partial charge is 0.334 e. The number of urea groups is 1. The summed E-state index contributed by atoms with van der Waals surface area (Å²) in [6.07, 6.45) is 1.87. The first-order valence-electron chi connectivity index (χ1n) is 8.54. The number of hydrogen-bond acceptors (Lipinski definition) is 4. The highest BCUT2D eigenvalue weighted by Crippen LogP contribution is 2.21. The summed E-state index contributed by atoms with van der Waals surface area (Å²) in [7, 11) is -1.89. The van der Waals surface area contributed by atoms with Crippen molar-refractivity contribution in [2.45, 2.75) is 18.0 Å². The maximum Gasteiger partial charge on any atom is 0.315 e. The molecule has 0 aliphatic carbocycles. The van der Waals surface area contributed by atoms with E-state index >= 15 is 0 Å². The van der Waals surface area contributed by atoms with Crippen molar-refractivity contribution in [3.63, 3.8) is 0 Å². The van der Waals surface area contributed by atoms with Crippen LogP contribution in [0.3, 0.4) is 0 Å². The van der Waals surface area contributed by atoms with Crippen LogP contribution in [-0.4, -0.2) is 24.2 Å². The van der Waals surface area contributed by atoms with Gasteiger partial charge in [0.1, 0.15) is 0 Å². The van der Waals surface area contributed by atoms with Crippen molar-refractivity contribution in [3.8, 4) is 11.3 Å². The van der Waals surface area contributed by atoms with E-state index in [4.69, 9.17) is 5.14 Å². The summed E-state index contributed by atoms with van der Waals surface area (Å²) in [6, 6.07) is 15.4. The molecule has 3 aromatic rings. The van der Waals surface area contributed by atoms with Crippen LogP contribution in [0.1, 0.15) is 11.1 Å². The lowest BCUT2D eigenvalue weighted by Gasteiger charge is -2.08. The van der Waals surface area contributed by atoms with E-state index in [0.29, 0.717) is 6.54 Å². The number of nitrogens with two attached hydrogens (primary N) is 1. The van der Waals surface area contributed by atoms with Gasteiger partial charge in [0, 0.05) is 37.5 Å². The lowest BCUT2D eigenvalue weighted by Crippen LogP contribution is -2.34. The van der Waals surface area contributed by atoms with Crippen molar-refractivity contribution in [1.29, 1.82) is 0 Å². The van der Waals surface area contributed by atoms with Crippen LogP contribution >= 0.6 is 0 Å². The molecule has 4 N–H and O–H groups in total. The van der Waals surface area contributed by atoms with Crippen LogP contribution in [0.2, 0.25) is 0 Å². The molecule has 0 aliphatic heterocycles. The second-order valence-electron chi connectivity index (χ2n) is 6.27. The van der Waals surface area contributed by atoms with E-state index < -0.39 is 10.0 Å². The van der Waals surface area contributed by atoms with Gasteiger partial charge in [0.15, 0.2) is 0 Å². The third kappa shape index (κ3) is 4.96. The highest BCUT2D eigenvalue weighted by Gasteiger charge is 2.11. The first kappa shape index (κ1) is 19.6. The van der Waals surface area contributed by atoms with E-state index in [1.165, 1.54) is 12.1 Å². The Bertz CT molecular complexity index is 1060. The fourth-order valence-corrected chi connectivity index (χ4v) is 3.24. The number of benzene rings is 2. The number of carbonyl (C=O) groups excluding carboxylic acids is 1. The molecule has 146 valence electrons. The number of nitrogens with one attached hydrogen (secondary N) is 2. The monoisotopic (exact) mass is 399 g/mol. The number of carbonyl (C=O) groups is 1. The number of primary sulfonamides is 1. The molecular weight excluding hydrogens is 378 g/mol. The zero-order chi connectivity index (χ0) is 20.1. The number of nitrogens with zero attached hydrogens (tertiary/aromatic N) is 2. The molecule has 0 spiro atoms. The molecule has 2 amide bonds. The number of sulfonamides is 1. The highest BCUT2D eigenvalue weighted by molar-refractivity contribution is 7.89. The molecule has 0 saturated heterocycles. The summed E-state index contributed by atoms with van der Waals surface area (Å²) < 4.78 is 24.2. The Morgan fingerprint density at radius 1 is 1.04 bits per heavy atom. The first-order valence-corrected chi connectivity index (χ1v) is 10.1. The van der Waals surface area contributed by atoms with E-state index in [1.807, 2.05) is 43.6 Å². The minimum absolute atomic E-state index is 0.0331. The number of rotatable bonds is 6. The molecule has 28 heavy (non-hydrogen) atoms. The second-order valence-corrected chi connectivity index (χ2v) is 7.83. The minimum Gasteiger partial charge on any atom is -0.334 e. The molecule has 0 saturated carbocycles. The predicted octanol–water partition coefficient (Wildman–Crippen LogP) is 1.73. The molecule has 0 unspecified atom stereocenters. The van der Waals surface area contributed by atoms with Gasteiger partial charge in [-0.15, -0.1) is 0 Å². The van der Waals surface area contributed by atoms with Crippen molar-refractivity contribution in [2.24, 2.45) is 12.2 Å². The standard InChI is InChI=1S/C19H21N5O3S/c1-24-13-16(18(23-24)15-5-3-2-4-6-15)12-22-19(25)21-11-14-7-9-17(10-8-14)28(20,26)27/h2-10,13H,11-12H2,1H3,(H2,20,26,27)(H2,21,22,25). The third-order valence-electron chi connectivity index (χ3n) is 4.10. The SMILES string of the molecule is Cn1cc(CNC(=O)NCc2ccc(S(N)(=O)=O)cc2)c(-c2ccccc2)n1. The fourth-order valence-electron chi connectivity index (χ4n) is 2.72. The van der Waals surface area contributed by atoms with E-state index in [9.17, 15) is 13.2 Å². The topological polar surface area (TPSA) is 119 Å². The Hall–Kier alpha value is -3.17. The van der Waals surface area contributed by atoms with Gasteiger partial charge in [0.25, 0.3) is 0 Å². The van der Waals surface area contributed by atoms with Crippen LogP contribution in [0, 0.1) is 0 Å². The number of hydrogen-bond donors (Lipinski definition) is 3. The molecule has 3 rings (SSSR count). The minimum atomic E-state index is -3.72. The molecular formula is C19H21N5O3S. The van der Waals surface area contributed by atoms with Crippen LogP contribution in [-0.2, 0) is 30.2 Å². The molecule has 0 bridgehead atoms. The Kier molecular flexibility index (Phi) is 5.76. The lowest BCUT2D eigenvalue weighted by atomic mass is 10.1. The fraction of sp³-hybridized carbons (Fsp3) is 0.158. The molecule has 1 aromatic heterocycles. The van der Waals surface area contributed by atoms with Crippen LogP contribution in [0.15, 0.2) is 65.7 Å². The summed E-state index contributed by atoms with van der Waals surface area (Å²) in [4.78, 5) is 12.1. The van der Waals surface area contributed by atoms with Crippen molar-refractivity contribution >= 4 is 16.1 Å². The van der Waals surface area contributed by atoms with Gasteiger partial charge in [0.05, 0.1) is 10.6 Å². The van der Waals surface area contributed by atoms with Gasteiger partial charge >= 0.3 is 6.03 Å². The molecule has 0 aliphatic rings. The molecule has 1 heterocycles. The Labute approximate surface area is 163 Å². The van der Waals surface area contributed by atoms with Crippen molar-refractivity contribution in [2.75, 3.05) is 0 Å². The van der Waals surface area contributed by atoms with E-state index in [0.717, 1.165) is 22.4 Å². The van der Waals surface area contributed by atoms with Crippen LogP contribution in [0.5, 0.6) is 0 Å². The normalized spacial score (nSPS) is 11.2. The Morgan fingerprint density at radius 2 is 1.68 bits per heavy atom. The summed E-state index contributed by atoms with van der Waals surface area (Å²) in [6.45, 7) is 0.587. The van der Waals surface area contributed by atoms with E-state index in [2.05, 4.69) is 15.7 Å². The summed E-state index contributed by atoms with van der Waals surface area (Å²) >= 11 is 0. The Balaban J connectivity index is 1.57. The van der Waals surface area contributed by atoms with Gasteiger partial charge in [-0.3, -0.25) is 4.68 Å². The summed E-state index contributed by atoms with van der Waals surface area (Å²) in [5, 5.41) is 15.1. The van der Waals surface area contributed by atoms with Crippen molar-refractivity contribution in [1.82, 2.24) is 20.4 Å². The van der Waals surface area contributed by atoms with Gasteiger partial charge in [-0.25, -0.2) is 18.4 Å². The van der Waals surface area contributed by atoms with Gasteiger partial charge in [-0.1, -0.05) is 42.5 Å². The summed E-state index contributed by atoms with van der Waals surface area (Å²) in [5.74, 6) is 0. The quantitative estimate of drug-likeness (QED) is 0.585. The van der Waals surface area contributed by atoms with Gasteiger partial charge in [-0.2, -0.15) is 5.10 Å². The smallest absolute Gasteiger partial charge is 0.315 e. The Morgan fingerprint density at radius 3 is 2.32 bits per heavy atom. The maximum atomic E-state index is 12.1. The average molecular weight is 399 g/mol. The third-order valence-corrected chi connectivity index (χ3v) is 5.03. The van der Waals surface area contributed by atoms with Crippen molar-refractivity contribution in [3.05, 3.63) is 71.9 Å². The van der Waals surface area contributed by atoms with E-state index in [-0.39, 0.29) is 17.5 Å². The highest BCUT2D eigenvalue weighted by atomic mass is 32.2. The molecule has 2 aromatic carbocycles. The molecule has 9 heteroatoms. The zero-order valence-electron chi connectivity index (χ0n) is 15.3. The van der Waals surface area contributed by atoms with Crippen LogP contribution in [0.25, 0.3) is 11.3 Å².